The third-order valence-electron chi connectivity index (χ3n) is 4.43. The second-order valence-corrected chi connectivity index (χ2v) is 5.80. The van der Waals surface area contributed by atoms with Crippen LogP contribution in [0.4, 0.5) is 0 Å². The van der Waals surface area contributed by atoms with Gasteiger partial charge in [0.2, 0.25) is 0 Å². The predicted molar refractivity (Wildman–Crippen MR) is 82.5 cm³/mol. The Hall–Kier alpha value is -1.67. The molecule has 0 saturated heterocycles. The third-order valence-corrected chi connectivity index (χ3v) is 4.43. The van der Waals surface area contributed by atoms with Gasteiger partial charge in [-0.3, -0.25) is 4.98 Å². The minimum atomic E-state index is 0.124. The SMILES string of the molecule is NC(CCc1ccncc1)c1ccc(C2CCC2)cc1. The van der Waals surface area contributed by atoms with Crippen LogP contribution in [0.3, 0.4) is 0 Å². The molecule has 2 heteroatoms. The molecule has 1 aromatic heterocycles. The maximum absolute atomic E-state index is 6.30. The van der Waals surface area contributed by atoms with Gasteiger partial charge < -0.3 is 5.73 Å². The van der Waals surface area contributed by atoms with Crippen molar-refractivity contribution in [2.45, 2.75) is 44.1 Å². The van der Waals surface area contributed by atoms with Crippen LogP contribution in [-0.2, 0) is 6.42 Å². The van der Waals surface area contributed by atoms with Crippen molar-refractivity contribution in [3.8, 4) is 0 Å². The number of nitrogens with zero attached hydrogens (tertiary/aromatic N) is 1. The Bertz CT molecular complexity index is 529. The molecule has 0 spiro atoms. The summed E-state index contributed by atoms with van der Waals surface area (Å²) in [7, 11) is 0. The van der Waals surface area contributed by atoms with Gasteiger partial charge in [0.15, 0.2) is 0 Å². The van der Waals surface area contributed by atoms with E-state index < -0.39 is 0 Å². The molecule has 1 saturated carbocycles. The molecule has 3 rings (SSSR count). The highest BCUT2D eigenvalue weighted by Crippen LogP contribution is 2.36. The largest absolute Gasteiger partial charge is 0.324 e. The summed E-state index contributed by atoms with van der Waals surface area (Å²) in [6.45, 7) is 0. The van der Waals surface area contributed by atoms with E-state index in [4.69, 9.17) is 5.73 Å². The van der Waals surface area contributed by atoms with E-state index in [1.165, 1.54) is 36.0 Å². The normalized spacial score (nSPS) is 16.6. The van der Waals surface area contributed by atoms with Crippen LogP contribution in [0.2, 0.25) is 0 Å². The zero-order chi connectivity index (χ0) is 13.8. The maximum atomic E-state index is 6.30. The minimum absolute atomic E-state index is 0.124. The molecule has 1 aliphatic rings. The Labute approximate surface area is 121 Å². The summed E-state index contributed by atoms with van der Waals surface area (Å²) in [6.07, 6.45) is 9.77. The zero-order valence-electron chi connectivity index (χ0n) is 11.8. The van der Waals surface area contributed by atoms with Crippen molar-refractivity contribution in [1.82, 2.24) is 4.98 Å². The maximum Gasteiger partial charge on any atom is 0.0298 e. The molecule has 0 amide bonds. The first-order valence-electron chi connectivity index (χ1n) is 7.57. The third kappa shape index (κ3) is 3.07. The summed E-state index contributed by atoms with van der Waals surface area (Å²) >= 11 is 0. The molecule has 0 radical (unpaired) electrons. The molecular weight excluding hydrogens is 244 g/mol. The molecule has 104 valence electrons. The average Bonchev–Trinajstić information content (AvgIpc) is 2.45. The van der Waals surface area contributed by atoms with Gasteiger partial charge in [-0.05, 0) is 60.4 Å². The molecule has 1 aliphatic carbocycles. The Balaban J connectivity index is 1.57. The number of aromatic nitrogens is 1. The van der Waals surface area contributed by atoms with Crippen LogP contribution in [0.5, 0.6) is 0 Å². The zero-order valence-corrected chi connectivity index (χ0v) is 11.8. The number of pyridine rings is 1. The second-order valence-electron chi connectivity index (χ2n) is 5.80. The van der Waals surface area contributed by atoms with Crippen molar-refractivity contribution in [2.24, 2.45) is 5.73 Å². The molecule has 1 atom stereocenters. The van der Waals surface area contributed by atoms with Crippen molar-refractivity contribution in [3.63, 3.8) is 0 Å². The standard InChI is InChI=1S/C18H22N2/c19-18(9-4-14-10-12-20-13-11-14)17-7-5-16(6-8-17)15-2-1-3-15/h5-8,10-13,15,18H,1-4,9,19H2. The van der Waals surface area contributed by atoms with Crippen LogP contribution >= 0.6 is 0 Å². The first-order chi connectivity index (χ1) is 9.83. The Morgan fingerprint density at radius 2 is 1.75 bits per heavy atom. The monoisotopic (exact) mass is 266 g/mol. The lowest BCUT2D eigenvalue weighted by atomic mass is 9.80. The number of nitrogens with two attached hydrogens (primary N) is 1. The molecule has 2 nitrogen and oxygen atoms in total. The van der Waals surface area contributed by atoms with Gasteiger partial charge in [0.25, 0.3) is 0 Å². The molecule has 1 unspecified atom stereocenters. The van der Waals surface area contributed by atoms with E-state index in [-0.39, 0.29) is 6.04 Å². The second kappa shape index (κ2) is 6.19. The van der Waals surface area contributed by atoms with Crippen molar-refractivity contribution >= 4 is 0 Å². The molecule has 1 fully saturated rings. The fourth-order valence-corrected chi connectivity index (χ4v) is 2.80. The lowest BCUT2D eigenvalue weighted by Crippen LogP contribution is -2.12. The lowest BCUT2D eigenvalue weighted by molar-refractivity contribution is 0.419. The highest BCUT2D eigenvalue weighted by Gasteiger charge is 2.19. The van der Waals surface area contributed by atoms with E-state index >= 15 is 0 Å². The van der Waals surface area contributed by atoms with Crippen LogP contribution in [0.1, 0.15) is 54.3 Å². The van der Waals surface area contributed by atoms with Gasteiger partial charge in [-0.25, -0.2) is 0 Å². The summed E-state index contributed by atoms with van der Waals surface area (Å²) in [4.78, 5) is 4.04. The topological polar surface area (TPSA) is 38.9 Å². The van der Waals surface area contributed by atoms with Gasteiger partial charge in [0.1, 0.15) is 0 Å². The van der Waals surface area contributed by atoms with Gasteiger partial charge in [-0.2, -0.15) is 0 Å². The van der Waals surface area contributed by atoms with Gasteiger partial charge in [0.05, 0.1) is 0 Å². The molecule has 2 aromatic rings. The van der Waals surface area contributed by atoms with Crippen LogP contribution < -0.4 is 5.73 Å². The first kappa shape index (κ1) is 13.3. The van der Waals surface area contributed by atoms with E-state index in [0.29, 0.717) is 0 Å². The van der Waals surface area contributed by atoms with Gasteiger partial charge in [-0.1, -0.05) is 30.7 Å². The van der Waals surface area contributed by atoms with Crippen LogP contribution in [0.15, 0.2) is 48.8 Å². The average molecular weight is 266 g/mol. The van der Waals surface area contributed by atoms with Crippen molar-refractivity contribution in [1.29, 1.82) is 0 Å². The highest BCUT2D eigenvalue weighted by atomic mass is 14.6. The number of rotatable bonds is 5. The summed E-state index contributed by atoms with van der Waals surface area (Å²) < 4.78 is 0. The number of hydrogen-bond donors (Lipinski definition) is 1. The first-order valence-corrected chi connectivity index (χ1v) is 7.57. The van der Waals surface area contributed by atoms with E-state index in [2.05, 4.69) is 41.4 Å². The van der Waals surface area contributed by atoms with Gasteiger partial charge >= 0.3 is 0 Å². The molecular formula is C18H22N2. The fraction of sp³-hybridized carbons (Fsp3) is 0.389. The molecule has 2 N–H and O–H groups in total. The van der Waals surface area contributed by atoms with Gasteiger partial charge in [0, 0.05) is 18.4 Å². The molecule has 1 heterocycles. The quantitative estimate of drug-likeness (QED) is 0.889. The molecule has 1 aromatic carbocycles. The Morgan fingerprint density at radius 1 is 1.05 bits per heavy atom. The van der Waals surface area contributed by atoms with Gasteiger partial charge in [-0.15, -0.1) is 0 Å². The van der Waals surface area contributed by atoms with Crippen LogP contribution in [0, 0.1) is 0 Å². The summed E-state index contributed by atoms with van der Waals surface area (Å²) in [5.41, 5.74) is 10.3. The van der Waals surface area contributed by atoms with E-state index in [9.17, 15) is 0 Å². The van der Waals surface area contributed by atoms with E-state index in [1.54, 1.807) is 0 Å². The van der Waals surface area contributed by atoms with Crippen molar-refractivity contribution in [2.75, 3.05) is 0 Å². The Morgan fingerprint density at radius 3 is 2.35 bits per heavy atom. The smallest absolute Gasteiger partial charge is 0.0298 e. The predicted octanol–water partition coefficient (Wildman–Crippen LogP) is 3.98. The van der Waals surface area contributed by atoms with Crippen molar-refractivity contribution < 1.29 is 0 Å². The molecule has 20 heavy (non-hydrogen) atoms. The summed E-state index contributed by atoms with van der Waals surface area (Å²) in [5, 5.41) is 0. The molecule has 0 bridgehead atoms. The fourth-order valence-electron chi connectivity index (χ4n) is 2.80. The number of hydrogen-bond acceptors (Lipinski definition) is 2. The summed E-state index contributed by atoms with van der Waals surface area (Å²) in [6, 6.07) is 13.2. The van der Waals surface area contributed by atoms with Crippen LogP contribution in [0.25, 0.3) is 0 Å². The van der Waals surface area contributed by atoms with Crippen molar-refractivity contribution in [3.05, 3.63) is 65.5 Å². The van der Waals surface area contributed by atoms with E-state index in [0.717, 1.165) is 18.8 Å². The highest BCUT2D eigenvalue weighted by molar-refractivity contribution is 5.28. The van der Waals surface area contributed by atoms with E-state index in [1.807, 2.05) is 12.4 Å². The molecule has 0 aliphatic heterocycles. The number of benzene rings is 1. The Kier molecular flexibility index (Phi) is 4.12. The number of aryl methyl sites for hydroxylation is 1. The van der Waals surface area contributed by atoms with Crippen LogP contribution in [-0.4, -0.2) is 4.98 Å². The summed E-state index contributed by atoms with van der Waals surface area (Å²) in [5.74, 6) is 0.803. The lowest BCUT2D eigenvalue weighted by Gasteiger charge is -2.26. The minimum Gasteiger partial charge on any atom is -0.324 e.